The molecule has 1 aromatic heterocycles. The van der Waals surface area contributed by atoms with Crippen LogP contribution in [0, 0.1) is 13.8 Å². The average Bonchev–Trinajstić information content (AvgIpc) is 2.34. The normalized spacial score (nSPS) is 10.4. The third-order valence-electron chi connectivity index (χ3n) is 2.99. The summed E-state index contributed by atoms with van der Waals surface area (Å²) in [5.41, 5.74) is 10.6. The van der Waals surface area contributed by atoms with Crippen LogP contribution < -0.4 is 10.6 Å². The quantitative estimate of drug-likeness (QED) is 0.878. The molecule has 2 aromatic rings. The van der Waals surface area contributed by atoms with E-state index in [9.17, 15) is 0 Å². The fourth-order valence-electron chi connectivity index (χ4n) is 1.75. The number of aromatic nitrogens is 2. The summed E-state index contributed by atoms with van der Waals surface area (Å²) in [6.07, 6.45) is 0. The smallest absolute Gasteiger partial charge is 0.150 e. The number of hydrogen-bond acceptors (Lipinski definition) is 4. The van der Waals surface area contributed by atoms with Gasteiger partial charge in [-0.05, 0) is 26.0 Å². The predicted octanol–water partition coefficient (Wildman–Crippen LogP) is 2.41. The van der Waals surface area contributed by atoms with Crippen LogP contribution in [0.2, 0.25) is 0 Å². The van der Waals surface area contributed by atoms with Gasteiger partial charge in [0.1, 0.15) is 11.5 Å². The van der Waals surface area contributed by atoms with Crippen LogP contribution in [0.4, 0.5) is 11.5 Å². The third-order valence-corrected chi connectivity index (χ3v) is 2.99. The van der Waals surface area contributed by atoms with Crippen LogP contribution in [-0.2, 0) is 0 Å². The van der Waals surface area contributed by atoms with Crippen LogP contribution in [0.3, 0.4) is 0 Å². The Morgan fingerprint density at radius 1 is 0.944 bits per heavy atom. The largest absolute Gasteiger partial charge is 0.382 e. The van der Waals surface area contributed by atoms with Gasteiger partial charge in [-0.1, -0.05) is 12.1 Å². The molecule has 0 bridgehead atoms. The second-order valence-corrected chi connectivity index (χ2v) is 4.57. The summed E-state index contributed by atoms with van der Waals surface area (Å²) < 4.78 is 0. The maximum atomic E-state index is 5.94. The molecule has 0 spiro atoms. The van der Waals surface area contributed by atoms with Crippen LogP contribution in [0.5, 0.6) is 0 Å². The molecule has 0 fully saturated rings. The number of nitrogens with two attached hydrogens (primary N) is 1. The number of nitrogens with zero attached hydrogens (tertiary/aromatic N) is 3. The fourth-order valence-corrected chi connectivity index (χ4v) is 1.75. The summed E-state index contributed by atoms with van der Waals surface area (Å²) in [6.45, 7) is 3.86. The summed E-state index contributed by atoms with van der Waals surface area (Å²) in [6, 6.07) is 8.13. The number of benzene rings is 1. The molecule has 4 heteroatoms. The summed E-state index contributed by atoms with van der Waals surface area (Å²) in [5, 5.41) is 0. The molecule has 2 rings (SSSR count). The molecule has 0 amide bonds. The summed E-state index contributed by atoms with van der Waals surface area (Å²) in [5.74, 6) is 0.482. The van der Waals surface area contributed by atoms with Gasteiger partial charge in [0.05, 0.1) is 11.4 Å². The van der Waals surface area contributed by atoms with Crippen LogP contribution in [0.25, 0.3) is 11.3 Å². The number of nitrogen functional groups attached to an aromatic ring is 1. The van der Waals surface area contributed by atoms with E-state index < -0.39 is 0 Å². The first-order valence-electron chi connectivity index (χ1n) is 5.87. The molecule has 0 atom stereocenters. The maximum Gasteiger partial charge on any atom is 0.150 e. The zero-order chi connectivity index (χ0) is 13.3. The SMILES string of the molecule is Cc1nc(N)c(-c2ccc(N(C)C)cc2)nc1C. The van der Waals surface area contributed by atoms with Crippen molar-refractivity contribution in [1.82, 2.24) is 9.97 Å². The molecule has 2 N–H and O–H groups in total. The van der Waals surface area contributed by atoms with Crippen LogP contribution in [0.15, 0.2) is 24.3 Å². The number of anilines is 2. The second-order valence-electron chi connectivity index (χ2n) is 4.57. The molecular formula is C14H18N4. The Morgan fingerprint density at radius 2 is 1.50 bits per heavy atom. The molecule has 0 aliphatic rings. The van der Waals surface area contributed by atoms with Gasteiger partial charge in [0.15, 0.2) is 0 Å². The lowest BCUT2D eigenvalue weighted by atomic mass is 10.1. The molecule has 0 unspecified atom stereocenters. The van der Waals surface area contributed by atoms with Crippen molar-refractivity contribution in [3.8, 4) is 11.3 Å². The van der Waals surface area contributed by atoms with E-state index in [1.54, 1.807) is 0 Å². The number of hydrogen-bond donors (Lipinski definition) is 1. The van der Waals surface area contributed by atoms with E-state index >= 15 is 0 Å². The molecule has 0 saturated heterocycles. The zero-order valence-corrected chi connectivity index (χ0v) is 11.2. The van der Waals surface area contributed by atoms with Crippen molar-refractivity contribution < 1.29 is 0 Å². The van der Waals surface area contributed by atoms with Gasteiger partial charge < -0.3 is 10.6 Å². The highest BCUT2D eigenvalue weighted by atomic mass is 15.1. The topological polar surface area (TPSA) is 55.0 Å². The van der Waals surface area contributed by atoms with Gasteiger partial charge in [0, 0.05) is 25.3 Å². The lowest BCUT2D eigenvalue weighted by molar-refractivity contribution is 1.06. The van der Waals surface area contributed by atoms with Crippen LogP contribution in [-0.4, -0.2) is 24.1 Å². The fraction of sp³-hybridized carbons (Fsp3) is 0.286. The van der Waals surface area contributed by atoms with Crippen molar-refractivity contribution >= 4 is 11.5 Å². The van der Waals surface area contributed by atoms with Crippen molar-refractivity contribution in [3.05, 3.63) is 35.7 Å². The van der Waals surface area contributed by atoms with Crippen LogP contribution in [0.1, 0.15) is 11.4 Å². The van der Waals surface area contributed by atoms with Crippen molar-refractivity contribution in [2.24, 2.45) is 0 Å². The van der Waals surface area contributed by atoms with E-state index in [-0.39, 0.29) is 0 Å². The Hall–Kier alpha value is -2.10. The van der Waals surface area contributed by atoms with Crippen molar-refractivity contribution in [2.75, 3.05) is 24.7 Å². The van der Waals surface area contributed by atoms with Gasteiger partial charge in [-0.25, -0.2) is 9.97 Å². The Balaban J connectivity index is 2.46. The van der Waals surface area contributed by atoms with Gasteiger partial charge >= 0.3 is 0 Å². The Kier molecular flexibility index (Phi) is 3.19. The van der Waals surface area contributed by atoms with Crippen molar-refractivity contribution in [3.63, 3.8) is 0 Å². The lowest BCUT2D eigenvalue weighted by Crippen LogP contribution is -2.08. The first-order valence-corrected chi connectivity index (χ1v) is 5.87. The summed E-state index contributed by atoms with van der Waals surface area (Å²) in [7, 11) is 4.03. The van der Waals surface area contributed by atoms with Gasteiger partial charge in [0.25, 0.3) is 0 Å². The Labute approximate surface area is 107 Å². The first-order chi connectivity index (χ1) is 8.49. The molecule has 94 valence electrons. The van der Waals surface area contributed by atoms with E-state index in [0.29, 0.717) is 5.82 Å². The van der Waals surface area contributed by atoms with Crippen molar-refractivity contribution in [2.45, 2.75) is 13.8 Å². The standard InChI is InChI=1S/C14H18N4/c1-9-10(2)17-14(15)13(16-9)11-5-7-12(8-6-11)18(3)4/h5-8H,1-4H3,(H2,15,17). The Morgan fingerprint density at radius 3 is 2.06 bits per heavy atom. The lowest BCUT2D eigenvalue weighted by Gasteiger charge is -2.13. The second kappa shape index (κ2) is 4.64. The monoisotopic (exact) mass is 242 g/mol. The van der Waals surface area contributed by atoms with Crippen LogP contribution >= 0.6 is 0 Å². The minimum absolute atomic E-state index is 0.482. The van der Waals surface area contributed by atoms with Gasteiger partial charge in [-0.2, -0.15) is 0 Å². The molecule has 0 aliphatic carbocycles. The highest BCUT2D eigenvalue weighted by Gasteiger charge is 2.08. The molecule has 1 aromatic carbocycles. The molecule has 0 radical (unpaired) electrons. The van der Waals surface area contributed by atoms with E-state index in [4.69, 9.17) is 5.73 Å². The molecule has 4 nitrogen and oxygen atoms in total. The van der Waals surface area contributed by atoms with Crippen molar-refractivity contribution in [1.29, 1.82) is 0 Å². The summed E-state index contributed by atoms with van der Waals surface area (Å²) >= 11 is 0. The average molecular weight is 242 g/mol. The van der Waals surface area contributed by atoms with E-state index in [1.807, 2.05) is 52.2 Å². The molecule has 0 aliphatic heterocycles. The first kappa shape index (κ1) is 12.4. The minimum Gasteiger partial charge on any atom is -0.382 e. The van der Waals surface area contributed by atoms with E-state index in [2.05, 4.69) is 14.9 Å². The number of rotatable bonds is 2. The zero-order valence-electron chi connectivity index (χ0n) is 11.2. The molecule has 18 heavy (non-hydrogen) atoms. The maximum absolute atomic E-state index is 5.94. The molecular weight excluding hydrogens is 224 g/mol. The van der Waals surface area contributed by atoms with E-state index in [0.717, 1.165) is 28.3 Å². The highest BCUT2D eigenvalue weighted by Crippen LogP contribution is 2.25. The minimum atomic E-state index is 0.482. The van der Waals surface area contributed by atoms with Gasteiger partial charge in [-0.15, -0.1) is 0 Å². The predicted molar refractivity (Wildman–Crippen MR) is 75.7 cm³/mol. The Bertz CT molecular complexity index is 559. The molecule has 1 heterocycles. The van der Waals surface area contributed by atoms with Gasteiger partial charge in [-0.3, -0.25) is 0 Å². The number of aryl methyl sites for hydroxylation is 2. The third kappa shape index (κ3) is 2.27. The highest BCUT2D eigenvalue weighted by molar-refractivity contribution is 5.71. The van der Waals surface area contributed by atoms with Gasteiger partial charge in [0.2, 0.25) is 0 Å². The summed E-state index contributed by atoms with van der Waals surface area (Å²) in [4.78, 5) is 10.9. The molecule has 0 saturated carbocycles. The van der Waals surface area contributed by atoms with E-state index in [1.165, 1.54) is 0 Å².